The van der Waals surface area contributed by atoms with Crippen LogP contribution in [-0.4, -0.2) is 40.5 Å². The Morgan fingerprint density at radius 3 is 2.71 bits per heavy atom. The van der Waals surface area contributed by atoms with Crippen molar-refractivity contribution in [2.24, 2.45) is 11.7 Å². The number of amides is 1. The molecule has 0 radical (unpaired) electrons. The molecular formula is C12H22N2O3. The molecule has 5 heteroatoms. The van der Waals surface area contributed by atoms with Crippen LogP contribution >= 0.6 is 0 Å². The average Bonchev–Trinajstić information content (AvgIpc) is 2.66. The summed E-state index contributed by atoms with van der Waals surface area (Å²) in [6.07, 6.45) is 3.25. The lowest BCUT2D eigenvalue weighted by Crippen LogP contribution is -2.49. The monoisotopic (exact) mass is 242 g/mol. The molecule has 0 aromatic carbocycles. The first-order valence-corrected chi connectivity index (χ1v) is 6.27. The van der Waals surface area contributed by atoms with E-state index in [2.05, 4.69) is 0 Å². The Hall–Kier alpha value is -1.10. The number of rotatable bonds is 5. The SMILES string of the molecule is CCCC[C@H](N)C(=O)N1CCC(C)C1C(=O)O. The second-order valence-corrected chi connectivity index (χ2v) is 4.83. The van der Waals surface area contributed by atoms with Gasteiger partial charge in [0.15, 0.2) is 0 Å². The van der Waals surface area contributed by atoms with Gasteiger partial charge in [0, 0.05) is 6.54 Å². The molecule has 5 nitrogen and oxygen atoms in total. The highest BCUT2D eigenvalue weighted by Gasteiger charge is 2.40. The van der Waals surface area contributed by atoms with Crippen molar-refractivity contribution in [2.75, 3.05) is 6.54 Å². The molecule has 98 valence electrons. The van der Waals surface area contributed by atoms with Gasteiger partial charge in [-0.05, 0) is 18.8 Å². The lowest BCUT2D eigenvalue weighted by atomic mass is 10.0. The fourth-order valence-corrected chi connectivity index (χ4v) is 2.33. The maximum absolute atomic E-state index is 12.0. The molecule has 2 unspecified atom stereocenters. The largest absolute Gasteiger partial charge is 0.480 e. The molecule has 0 aliphatic carbocycles. The van der Waals surface area contributed by atoms with Gasteiger partial charge in [0.1, 0.15) is 6.04 Å². The molecule has 17 heavy (non-hydrogen) atoms. The van der Waals surface area contributed by atoms with Crippen LogP contribution in [0.4, 0.5) is 0 Å². The predicted octanol–water partition coefficient (Wildman–Crippen LogP) is 0.825. The van der Waals surface area contributed by atoms with Crippen LogP contribution in [0.25, 0.3) is 0 Å². The molecule has 0 bridgehead atoms. The number of likely N-dealkylation sites (tertiary alicyclic amines) is 1. The molecule has 0 aromatic rings. The molecule has 1 aliphatic heterocycles. The summed E-state index contributed by atoms with van der Waals surface area (Å²) in [5.74, 6) is -1.13. The fraction of sp³-hybridized carbons (Fsp3) is 0.833. The van der Waals surface area contributed by atoms with Crippen molar-refractivity contribution in [3.8, 4) is 0 Å². The summed E-state index contributed by atoms with van der Waals surface area (Å²) in [4.78, 5) is 24.6. The van der Waals surface area contributed by atoms with E-state index in [1.165, 1.54) is 4.90 Å². The van der Waals surface area contributed by atoms with Crippen molar-refractivity contribution in [3.05, 3.63) is 0 Å². The Labute approximate surface area is 102 Å². The normalized spacial score (nSPS) is 25.9. The Kier molecular flexibility index (Phi) is 4.93. The molecule has 1 amide bonds. The maximum Gasteiger partial charge on any atom is 0.326 e. The van der Waals surface area contributed by atoms with Crippen LogP contribution in [-0.2, 0) is 9.59 Å². The lowest BCUT2D eigenvalue weighted by Gasteiger charge is -2.26. The van der Waals surface area contributed by atoms with Gasteiger partial charge in [-0.25, -0.2) is 4.79 Å². The smallest absolute Gasteiger partial charge is 0.326 e. The Morgan fingerprint density at radius 2 is 2.18 bits per heavy atom. The van der Waals surface area contributed by atoms with Gasteiger partial charge in [-0.3, -0.25) is 4.79 Å². The number of carbonyl (C=O) groups excluding carboxylic acids is 1. The number of nitrogens with zero attached hydrogens (tertiary/aromatic N) is 1. The van der Waals surface area contributed by atoms with Crippen LogP contribution in [0.3, 0.4) is 0 Å². The molecule has 1 rings (SSSR count). The molecule has 1 heterocycles. The van der Waals surface area contributed by atoms with E-state index in [1.807, 2.05) is 13.8 Å². The zero-order chi connectivity index (χ0) is 13.0. The van der Waals surface area contributed by atoms with E-state index in [9.17, 15) is 9.59 Å². The molecule has 0 saturated carbocycles. The summed E-state index contributed by atoms with van der Waals surface area (Å²) < 4.78 is 0. The minimum absolute atomic E-state index is 0.00910. The number of nitrogens with two attached hydrogens (primary N) is 1. The van der Waals surface area contributed by atoms with E-state index in [0.717, 1.165) is 19.3 Å². The molecule has 0 aromatic heterocycles. The quantitative estimate of drug-likeness (QED) is 0.747. The number of carbonyl (C=O) groups is 2. The van der Waals surface area contributed by atoms with Crippen molar-refractivity contribution in [1.82, 2.24) is 4.90 Å². The van der Waals surface area contributed by atoms with Crippen LogP contribution in [0.2, 0.25) is 0 Å². The zero-order valence-electron chi connectivity index (χ0n) is 10.6. The topological polar surface area (TPSA) is 83.6 Å². The second kappa shape index (κ2) is 6.00. The number of hydrogen-bond donors (Lipinski definition) is 2. The Balaban J connectivity index is 2.65. The van der Waals surface area contributed by atoms with Gasteiger partial charge < -0.3 is 15.7 Å². The van der Waals surface area contributed by atoms with Crippen molar-refractivity contribution >= 4 is 11.9 Å². The van der Waals surface area contributed by atoms with Gasteiger partial charge in [0.05, 0.1) is 6.04 Å². The molecular weight excluding hydrogens is 220 g/mol. The summed E-state index contributed by atoms with van der Waals surface area (Å²) in [7, 11) is 0. The first-order chi connectivity index (χ1) is 7.99. The van der Waals surface area contributed by atoms with Gasteiger partial charge in [-0.1, -0.05) is 26.7 Å². The minimum Gasteiger partial charge on any atom is -0.480 e. The Bertz CT molecular complexity index is 293. The molecule has 3 N–H and O–H groups in total. The van der Waals surface area contributed by atoms with Gasteiger partial charge in [0.2, 0.25) is 5.91 Å². The third-order valence-corrected chi connectivity index (χ3v) is 3.42. The summed E-state index contributed by atoms with van der Waals surface area (Å²) in [5, 5.41) is 9.13. The number of carboxylic acids is 1. The van der Waals surface area contributed by atoms with Gasteiger partial charge in [-0.2, -0.15) is 0 Å². The van der Waals surface area contributed by atoms with Crippen LogP contribution < -0.4 is 5.73 Å². The van der Waals surface area contributed by atoms with Crippen molar-refractivity contribution in [1.29, 1.82) is 0 Å². The van der Waals surface area contributed by atoms with E-state index in [1.54, 1.807) is 0 Å². The minimum atomic E-state index is -0.925. The van der Waals surface area contributed by atoms with Crippen molar-refractivity contribution in [2.45, 2.75) is 51.6 Å². The van der Waals surface area contributed by atoms with E-state index < -0.39 is 18.1 Å². The van der Waals surface area contributed by atoms with Gasteiger partial charge in [0.25, 0.3) is 0 Å². The van der Waals surface area contributed by atoms with Crippen molar-refractivity contribution < 1.29 is 14.7 Å². The average molecular weight is 242 g/mol. The number of hydrogen-bond acceptors (Lipinski definition) is 3. The molecule has 1 saturated heterocycles. The number of aliphatic carboxylic acids is 1. The van der Waals surface area contributed by atoms with Gasteiger partial charge >= 0.3 is 5.97 Å². The number of carboxylic acid groups (broad SMARTS) is 1. The lowest BCUT2D eigenvalue weighted by molar-refractivity contribution is -0.149. The third-order valence-electron chi connectivity index (χ3n) is 3.42. The zero-order valence-corrected chi connectivity index (χ0v) is 10.6. The maximum atomic E-state index is 12.0. The molecule has 1 aliphatic rings. The predicted molar refractivity (Wildman–Crippen MR) is 64.4 cm³/mol. The number of unbranched alkanes of at least 4 members (excludes halogenated alkanes) is 1. The van der Waals surface area contributed by atoms with E-state index in [0.29, 0.717) is 13.0 Å². The van der Waals surface area contributed by atoms with Crippen LogP contribution in [0.1, 0.15) is 39.5 Å². The molecule has 1 fully saturated rings. The summed E-state index contributed by atoms with van der Waals surface area (Å²) in [6, 6.07) is -1.25. The second-order valence-electron chi connectivity index (χ2n) is 4.83. The Morgan fingerprint density at radius 1 is 1.53 bits per heavy atom. The molecule has 0 spiro atoms. The standard InChI is InChI=1S/C12H22N2O3/c1-3-4-5-9(13)11(15)14-7-6-8(2)10(14)12(16)17/h8-10H,3-7,13H2,1-2H3,(H,16,17)/t8?,9-,10?/m0/s1. The van der Waals surface area contributed by atoms with E-state index >= 15 is 0 Å². The summed E-state index contributed by atoms with van der Waals surface area (Å²) in [5.41, 5.74) is 5.81. The van der Waals surface area contributed by atoms with Crippen LogP contribution in [0.5, 0.6) is 0 Å². The highest BCUT2D eigenvalue weighted by molar-refractivity contribution is 5.87. The summed E-state index contributed by atoms with van der Waals surface area (Å²) in [6.45, 7) is 4.41. The van der Waals surface area contributed by atoms with Crippen LogP contribution in [0.15, 0.2) is 0 Å². The van der Waals surface area contributed by atoms with E-state index in [-0.39, 0.29) is 11.8 Å². The third kappa shape index (κ3) is 3.19. The highest BCUT2D eigenvalue weighted by Crippen LogP contribution is 2.25. The fourth-order valence-electron chi connectivity index (χ4n) is 2.33. The van der Waals surface area contributed by atoms with Crippen LogP contribution in [0, 0.1) is 5.92 Å². The first kappa shape index (κ1) is 14.0. The molecule has 3 atom stereocenters. The van der Waals surface area contributed by atoms with Crippen molar-refractivity contribution in [3.63, 3.8) is 0 Å². The highest BCUT2D eigenvalue weighted by atomic mass is 16.4. The first-order valence-electron chi connectivity index (χ1n) is 6.27. The van der Waals surface area contributed by atoms with E-state index in [4.69, 9.17) is 10.8 Å². The van der Waals surface area contributed by atoms with Gasteiger partial charge in [-0.15, -0.1) is 0 Å². The summed E-state index contributed by atoms with van der Waals surface area (Å²) >= 11 is 0.